The number of furan rings is 1. The fourth-order valence-corrected chi connectivity index (χ4v) is 4.59. The van der Waals surface area contributed by atoms with E-state index in [0.29, 0.717) is 16.3 Å². The van der Waals surface area contributed by atoms with Crippen molar-refractivity contribution >= 4 is 34.3 Å². The first-order valence-corrected chi connectivity index (χ1v) is 9.25. The SMILES string of the molecule is CCCNC(c1cc2cccc(Cl)c2o1)C1CCCCS1. The maximum absolute atomic E-state index is 6.25. The van der Waals surface area contributed by atoms with Crippen LogP contribution in [0.3, 0.4) is 0 Å². The van der Waals surface area contributed by atoms with Crippen molar-refractivity contribution in [2.75, 3.05) is 12.3 Å². The molecule has 0 radical (unpaired) electrons. The minimum Gasteiger partial charge on any atom is -0.458 e. The highest BCUT2D eigenvalue weighted by atomic mass is 35.5. The number of benzene rings is 1. The zero-order valence-electron chi connectivity index (χ0n) is 12.4. The van der Waals surface area contributed by atoms with Gasteiger partial charge in [0.05, 0.1) is 11.1 Å². The number of halogens is 1. The number of hydrogen-bond donors (Lipinski definition) is 1. The van der Waals surface area contributed by atoms with Gasteiger partial charge in [-0.2, -0.15) is 11.8 Å². The molecule has 1 N–H and O–H groups in total. The summed E-state index contributed by atoms with van der Waals surface area (Å²) in [4.78, 5) is 0. The molecule has 1 fully saturated rings. The van der Waals surface area contributed by atoms with Crippen LogP contribution >= 0.6 is 23.4 Å². The van der Waals surface area contributed by atoms with Crippen LogP contribution < -0.4 is 5.32 Å². The molecule has 2 atom stereocenters. The summed E-state index contributed by atoms with van der Waals surface area (Å²) >= 11 is 8.32. The Hall–Kier alpha value is -0.640. The topological polar surface area (TPSA) is 25.2 Å². The molecule has 2 nitrogen and oxygen atoms in total. The Morgan fingerprint density at radius 2 is 2.33 bits per heavy atom. The van der Waals surface area contributed by atoms with Crippen LogP contribution in [0.25, 0.3) is 11.0 Å². The van der Waals surface area contributed by atoms with Crippen LogP contribution in [0.1, 0.15) is 44.4 Å². The van der Waals surface area contributed by atoms with E-state index in [0.717, 1.165) is 29.7 Å². The maximum Gasteiger partial charge on any atom is 0.152 e. The lowest BCUT2D eigenvalue weighted by Gasteiger charge is -2.29. The number of para-hydroxylation sites is 1. The lowest BCUT2D eigenvalue weighted by molar-refractivity contribution is 0.403. The largest absolute Gasteiger partial charge is 0.458 e. The second-order valence-corrected chi connectivity index (χ2v) is 7.40. The monoisotopic (exact) mass is 323 g/mol. The van der Waals surface area contributed by atoms with Gasteiger partial charge in [0.1, 0.15) is 5.76 Å². The summed E-state index contributed by atoms with van der Waals surface area (Å²) in [5.74, 6) is 2.29. The predicted octanol–water partition coefficient (Wildman–Crippen LogP) is 5.41. The normalized spacial score (nSPS) is 20.8. The lowest BCUT2D eigenvalue weighted by Crippen LogP contribution is -2.32. The van der Waals surface area contributed by atoms with Crippen LogP contribution in [0.2, 0.25) is 5.02 Å². The molecule has 1 aromatic heterocycles. The van der Waals surface area contributed by atoms with Crippen molar-refractivity contribution in [3.8, 4) is 0 Å². The Morgan fingerprint density at radius 3 is 3.05 bits per heavy atom. The van der Waals surface area contributed by atoms with E-state index in [-0.39, 0.29) is 0 Å². The van der Waals surface area contributed by atoms with Gasteiger partial charge in [0.15, 0.2) is 5.58 Å². The third-order valence-electron chi connectivity index (χ3n) is 4.02. The summed E-state index contributed by atoms with van der Waals surface area (Å²) in [6.45, 7) is 3.22. The van der Waals surface area contributed by atoms with Crippen LogP contribution in [0.5, 0.6) is 0 Å². The molecule has 0 saturated carbocycles. The lowest BCUT2D eigenvalue weighted by atomic mass is 10.0. The van der Waals surface area contributed by atoms with E-state index in [9.17, 15) is 0 Å². The van der Waals surface area contributed by atoms with Gasteiger partial charge in [-0.3, -0.25) is 0 Å². The number of rotatable bonds is 5. The summed E-state index contributed by atoms with van der Waals surface area (Å²) < 4.78 is 6.10. The first-order valence-electron chi connectivity index (χ1n) is 7.82. The smallest absolute Gasteiger partial charge is 0.152 e. The maximum atomic E-state index is 6.25. The van der Waals surface area contributed by atoms with E-state index in [1.165, 1.54) is 25.0 Å². The van der Waals surface area contributed by atoms with E-state index in [4.69, 9.17) is 16.0 Å². The van der Waals surface area contributed by atoms with Crippen LogP contribution in [-0.2, 0) is 0 Å². The molecule has 114 valence electrons. The highest BCUT2D eigenvalue weighted by Crippen LogP contribution is 2.37. The van der Waals surface area contributed by atoms with Gasteiger partial charge < -0.3 is 9.73 Å². The van der Waals surface area contributed by atoms with Crippen LogP contribution in [-0.4, -0.2) is 17.5 Å². The van der Waals surface area contributed by atoms with Crippen LogP contribution in [0.4, 0.5) is 0 Å². The summed E-state index contributed by atoms with van der Waals surface area (Å²) in [5.41, 5.74) is 0.818. The number of fused-ring (bicyclic) bond motifs is 1. The number of hydrogen-bond acceptors (Lipinski definition) is 3. The van der Waals surface area contributed by atoms with Crippen molar-refractivity contribution in [3.63, 3.8) is 0 Å². The molecule has 1 aromatic carbocycles. The van der Waals surface area contributed by atoms with Gasteiger partial charge >= 0.3 is 0 Å². The van der Waals surface area contributed by atoms with E-state index < -0.39 is 0 Å². The molecule has 1 aliphatic rings. The quantitative estimate of drug-likeness (QED) is 0.796. The molecule has 4 heteroatoms. The summed E-state index contributed by atoms with van der Waals surface area (Å²) in [6, 6.07) is 8.39. The Labute approximate surface area is 135 Å². The first-order chi connectivity index (χ1) is 10.3. The minimum atomic E-state index is 0.290. The number of thioether (sulfide) groups is 1. The summed E-state index contributed by atoms with van der Waals surface area (Å²) in [6.07, 6.45) is 5.06. The van der Waals surface area contributed by atoms with Gasteiger partial charge in [0, 0.05) is 10.6 Å². The highest BCUT2D eigenvalue weighted by Gasteiger charge is 2.28. The van der Waals surface area contributed by atoms with E-state index in [1.807, 2.05) is 12.1 Å². The third kappa shape index (κ3) is 3.41. The molecule has 1 aliphatic heterocycles. The van der Waals surface area contributed by atoms with Crippen molar-refractivity contribution in [1.82, 2.24) is 5.32 Å². The zero-order chi connectivity index (χ0) is 14.7. The van der Waals surface area contributed by atoms with E-state index >= 15 is 0 Å². The summed E-state index contributed by atoms with van der Waals surface area (Å²) in [5, 5.41) is 6.08. The number of nitrogens with one attached hydrogen (secondary N) is 1. The van der Waals surface area contributed by atoms with Gasteiger partial charge in [-0.25, -0.2) is 0 Å². The second kappa shape index (κ2) is 7.08. The molecule has 2 unspecified atom stereocenters. The zero-order valence-corrected chi connectivity index (χ0v) is 14.0. The van der Waals surface area contributed by atoms with Gasteiger partial charge in [0.2, 0.25) is 0 Å². The Balaban J connectivity index is 1.90. The van der Waals surface area contributed by atoms with E-state index in [2.05, 4.69) is 36.1 Å². The molecule has 21 heavy (non-hydrogen) atoms. The van der Waals surface area contributed by atoms with Crippen LogP contribution in [0, 0.1) is 0 Å². The average molecular weight is 324 g/mol. The Bertz CT molecular complexity index is 591. The van der Waals surface area contributed by atoms with Gasteiger partial charge in [-0.05, 0) is 43.7 Å². The van der Waals surface area contributed by atoms with E-state index in [1.54, 1.807) is 0 Å². The predicted molar refractivity (Wildman–Crippen MR) is 92.4 cm³/mol. The van der Waals surface area contributed by atoms with Gasteiger partial charge in [-0.15, -0.1) is 0 Å². The molecule has 0 spiro atoms. The van der Waals surface area contributed by atoms with Crippen molar-refractivity contribution in [2.45, 2.75) is 43.9 Å². The average Bonchev–Trinajstić information content (AvgIpc) is 2.94. The molecule has 0 bridgehead atoms. The minimum absolute atomic E-state index is 0.290. The molecule has 0 aliphatic carbocycles. The highest BCUT2D eigenvalue weighted by molar-refractivity contribution is 8.00. The molecule has 3 rings (SSSR count). The molecular weight excluding hydrogens is 302 g/mol. The standard InChI is InChI=1S/C17H22ClNOS/c1-2-9-19-16(15-8-3-4-10-21-15)14-11-12-6-5-7-13(18)17(12)20-14/h5-7,11,15-16,19H,2-4,8-10H2,1H3. The second-order valence-electron chi connectivity index (χ2n) is 5.64. The molecule has 2 heterocycles. The van der Waals surface area contributed by atoms with Crippen molar-refractivity contribution in [2.24, 2.45) is 0 Å². The molecule has 1 saturated heterocycles. The Kier molecular flexibility index (Phi) is 5.15. The van der Waals surface area contributed by atoms with Crippen LogP contribution in [0.15, 0.2) is 28.7 Å². The molecule has 2 aromatic rings. The fraction of sp³-hybridized carbons (Fsp3) is 0.529. The Morgan fingerprint density at radius 1 is 1.43 bits per heavy atom. The van der Waals surface area contributed by atoms with Gasteiger partial charge in [-0.1, -0.05) is 37.1 Å². The van der Waals surface area contributed by atoms with Crippen molar-refractivity contribution in [3.05, 3.63) is 35.0 Å². The van der Waals surface area contributed by atoms with Crippen molar-refractivity contribution in [1.29, 1.82) is 0 Å². The molecule has 0 amide bonds. The first kappa shape index (κ1) is 15.3. The van der Waals surface area contributed by atoms with Crippen molar-refractivity contribution < 1.29 is 4.42 Å². The molecular formula is C17H22ClNOS. The fourth-order valence-electron chi connectivity index (χ4n) is 2.94. The van der Waals surface area contributed by atoms with Gasteiger partial charge in [0.25, 0.3) is 0 Å². The third-order valence-corrected chi connectivity index (χ3v) is 5.78. The summed E-state index contributed by atoms with van der Waals surface area (Å²) in [7, 11) is 0.